The maximum absolute atomic E-state index is 13.7. The largest absolute Gasteiger partial charge is 0.288 e. The van der Waals surface area contributed by atoms with Gasteiger partial charge in [-0.1, -0.05) is 72.5 Å². The van der Waals surface area contributed by atoms with Crippen LogP contribution in [0.25, 0.3) is 6.08 Å². The minimum atomic E-state index is -0.351. The van der Waals surface area contributed by atoms with Crippen LogP contribution in [0.3, 0.4) is 0 Å². The molecule has 2 aromatic carbocycles. The van der Waals surface area contributed by atoms with Gasteiger partial charge in [0.2, 0.25) is 0 Å². The highest BCUT2D eigenvalue weighted by Gasteiger charge is 2.32. The second kappa shape index (κ2) is 6.42. The second-order valence-electron chi connectivity index (χ2n) is 4.77. The lowest BCUT2D eigenvalue weighted by molar-refractivity contribution is -0.122. The molecule has 2 nitrogen and oxygen atoms in total. The summed E-state index contributed by atoms with van der Waals surface area (Å²) in [4.78, 5) is 14.5. The van der Waals surface area contributed by atoms with E-state index in [4.69, 9.17) is 12.2 Å². The molecule has 0 unspecified atom stereocenters. The molecule has 22 heavy (non-hydrogen) atoms. The average Bonchev–Trinajstić information content (AvgIpc) is 2.78. The Hall–Kier alpha value is -1.98. The zero-order valence-corrected chi connectivity index (χ0v) is 13.2. The first kappa shape index (κ1) is 14.9. The Kier molecular flexibility index (Phi) is 4.36. The normalized spacial score (nSPS) is 16.6. The molecule has 1 saturated heterocycles. The van der Waals surface area contributed by atoms with E-state index < -0.39 is 0 Å². The summed E-state index contributed by atoms with van der Waals surface area (Å²) < 4.78 is 14.2. The molecular weight excluding hydrogens is 317 g/mol. The van der Waals surface area contributed by atoms with Gasteiger partial charge in [-0.05, 0) is 17.7 Å². The third kappa shape index (κ3) is 3.10. The van der Waals surface area contributed by atoms with Gasteiger partial charge in [0.05, 0.1) is 11.4 Å². The zero-order valence-electron chi connectivity index (χ0n) is 11.5. The van der Waals surface area contributed by atoms with Gasteiger partial charge in [0.1, 0.15) is 10.1 Å². The van der Waals surface area contributed by atoms with Gasteiger partial charge < -0.3 is 0 Å². The average molecular weight is 329 g/mol. The highest BCUT2D eigenvalue weighted by molar-refractivity contribution is 8.26. The quantitative estimate of drug-likeness (QED) is 0.621. The minimum Gasteiger partial charge on any atom is -0.288 e. The SMILES string of the molecule is O=C1/C(=C\c2ccccc2F)SC(=S)N1Cc1ccccc1. The van der Waals surface area contributed by atoms with Gasteiger partial charge in [-0.3, -0.25) is 9.69 Å². The number of carbonyl (C=O) groups is 1. The van der Waals surface area contributed by atoms with E-state index in [2.05, 4.69) is 0 Å². The Morgan fingerprint density at radius 1 is 1.09 bits per heavy atom. The number of hydrogen-bond acceptors (Lipinski definition) is 3. The summed E-state index contributed by atoms with van der Waals surface area (Å²) in [5, 5.41) is 0. The third-order valence-electron chi connectivity index (χ3n) is 3.25. The van der Waals surface area contributed by atoms with E-state index in [9.17, 15) is 9.18 Å². The maximum atomic E-state index is 13.7. The molecule has 0 N–H and O–H groups in total. The van der Waals surface area contributed by atoms with Crippen molar-refractivity contribution in [1.29, 1.82) is 0 Å². The first-order valence-electron chi connectivity index (χ1n) is 6.69. The van der Waals surface area contributed by atoms with E-state index in [-0.39, 0.29) is 11.7 Å². The smallest absolute Gasteiger partial charge is 0.266 e. The van der Waals surface area contributed by atoms with Crippen molar-refractivity contribution in [2.45, 2.75) is 6.54 Å². The first-order chi connectivity index (χ1) is 10.6. The molecule has 1 heterocycles. The molecule has 1 amide bonds. The van der Waals surface area contributed by atoms with Crippen molar-refractivity contribution in [3.63, 3.8) is 0 Å². The van der Waals surface area contributed by atoms with E-state index in [1.165, 1.54) is 17.8 Å². The van der Waals surface area contributed by atoms with Gasteiger partial charge in [-0.15, -0.1) is 0 Å². The summed E-state index contributed by atoms with van der Waals surface area (Å²) in [7, 11) is 0. The molecule has 5 heteroatoms. The van der Waals surface area contributed by atoms with Crippen LogP contribution in [0.5, 0.6) is 0 Å². The molecule has 1 aliphatic heterocycles. The van der Waals surface area contributed by atoms with Gasteiger partial charge in [-0.2, -0.15) is 0 Å². The molecule has 0 aromatic heterocycles. The predicted octanol–water partition coefficient (Wildman–Crippen LogP) is 4.23. The van der Waals surface area contributed by atoms with E-state index in [1.54, 1.807) is 29.2 Å². The van der Waals surface area contributed by atoms with Crippen LogP contribution in [-0.4, -0.2) is 15.1 Å². The van der Waals surface area contributed by atoms with Gasteiger partial charge in [0.25, 0.3) is 5.91 Å². The van der Waals surface area contributed by atoms with Crippen molar-refractivity contribution in [2.24, 2.45) is 0 Å². The molecule has 2 aromatic rings. The van der Waals surface area contributed by atoms with Crippen LogP contribution in [0.15, 0.2) is 59.5 Å². The number of thioether (sulfide) groups is 1. The van der Waals surface area contributed by atoms with Crippen LogP contribution >= 0.6 is 24.0 Å². The van der Waals surface area contributed by atoms with E-state index in [1.807, 2.05) is 30.3 Å². The summed E-state index contributed by atoms with van der Waals surface area (Å²) in [6.45, 7) is 0.431. The number of thiocarbonyl (C=S) groups is 1. The first-order valence-corrected chi connectivity index (χ1v) is 7.91. The van der Waals surface area contributed by atoms with Crippen LogP contribution in [0.4, 0.5) is 4.39 Å². The van der Waals surface area contributed by atoms with Gasteiger partial charge in [0, 0.05) is 5.56 Å². The summed E-state index contributed by atoms with van der Waals surface area (Å²) >= 11 is 6.48. The summed E-state index contributed by atoms with van der Waals surface area (Å²) in [6.07, 6.45) is 1.56. The molecule has 0 bridgehead atoms. The van der Waals surface area contributed by atoms with Crippen LogP contribution in [0.1, 0.15) is 11.1 Å². The Morgan fingerprint density at radius 2 is 1.77 bits per heavy atom. The summed E-state index contributed by atoms with van der Waals surface area (Å²) in [6, 6.07) is 16.0. The molecule has 1 fully saturated rings. The van der Waals surface area contributed by atoms with Crippen molar-refractivity contribution in [2.75, 3.05) is 0 Å². The molecule has 0 spiro atoms. The Bertz CT molecular complexity index is 758. The Morgan fingerprint density at radius 3 is 2.50 bits per heavy atom. The van der Waals surface area contributed by atoms with Crippen molar-refractivity contribution in [3.8, 4) is 0 Å². The molecule has 3 rings (SSSR count). The van der Waals surface area contributed by atoms with Crippen molar-refractivity contribution in [1.82, 2.24) is 4.90 Å². The van der Waals surface area contributed by atoms with Crippen molar-refractivity contribution < 1.29 is 9.18 Å². The molecule has 0 radical (unpaired) electrons. The maximum Gasteiger partial charge on any atom is 0.266 e. The number of nitrogens with zero attached hydrogens (tertiary/aromatic N) is 1. The predicted molar refractivity (Wildman–Crippen MR) is 91.6 cm³/mol. The van der Waals surface area contributed by atoms with E-state index in [0.29, 0.717) is 21.3 Å². The van der Waals surface area contributed by atoms with Crippen molar-refractivity contribution in [3.05, 3.63) is 76.4 Å². The molecular formula is C17H12FNOS2. The van der Waals surface area contributed by atoms with Gasteiger partial charge in [-0.25, -0.2) is 4.39 Å². The van der Waals surface area contributed by atoms with E-state index >= 15 is 0 Å². The number of hydrogen-bond donors (Lipinski definition) is 0. The number of carbonyl (C=O) groups excluding carboxylic acids is 1. The Labute approximate surface area is 137 Å². The van der Waals surface area contributed by atoms with E-state index in [0.717, 1.165) is 5.56 Å². The minimum absolute atomic E-state index is 0.179. The fourth-order valence-electron chi connectivity index (χ4n) is 2.14. The zero-order chi connectivity index (χ0) is 15.5. The standard InChI is InChI=1S/C17H12FNOS2/c18-14-9-5-4-8-13(14)10-15-16(20)19(17(21)22-15)11-12-6-2-1-3-7-12/h1-10H,11H2/b15-10+. The number of rotatable bonds is 3. The number of benzene rings is 2. The highest BCUT2D eigenvalue weighted by Crippen LogP contribution is 2.33. The van der Waals surface area contributed by atoms with Gasteiger partial charge in [0.15, 0.2) is 0 Å². The summed E-state index contributed by atoms with van der Waals surface area (Å²) in [5.41, 5.74) is 1.40. The van der Waals surface area contributed by atoms with Crippen molar-refractivity contribution >= 4 is 40.3 Å². The van der Waals surface area contributed by atoms with Crippen LogP contribution < -0.4 is 0 Å². The molecule has 1 aliphatic rings. The molecule has 0 aliphatic carbocycles. The summed E-state index contributed by atoms with van der Waals surface area (Å²) in [5.74, 6) is -0.530. The lowest BCUT2D eigenvalue weighted by atomic mass is 10.2. The Balaban J connectivity index is 1.84. The monoisotopic (exact) mass is 329 g/mol. The second-order valence-corrected chi connectivity index (χ2v) is 6.45. The number of halogens is 1. The molecule has 0 atom stereocenters. The molecule has 0 saturated carbocycles. The van der Waals surface area contributed by atoms with Gasteiger partial charge >= 0.3 is 0 Å². The highest BCUT2D eigenvalue weighted by atomic mass is 32.2. The fourth-order valence-corrected chi connectivity index (χ4v) is 3.38. The molecule has 110 valence electrons. The fraction of sp³-hybridized carbons (Fsp3) is 0.0588. The lowest BCUT2D eigenvalue weighted by Crippen LogP contribution is -2.27. The van der Waals surface area contributed by atoms with Crippen LogP contribution in [0, 0.1) is 5.82 Å². The van der Waals surface area contributed by atoms with Crippen LogP contribution in [0.2, 0.25) is 0 Å². The topological polar surface area (TPSA) is 20.3 Å². The third-order valence-corrected chi connectivity index (χ3v) is 4.63. The number of amides is 1. The van der Waals surface area contributed by atoms with Crippen LogP contribution in [-0.2, 0) is 11.3 Å². The lowest BCUT2D eigenvalue weighted by Gasteiger charge is -2.14.